The molecule has 1 aliphatic rings. The monoisotopic (exact) mass is 297 g/mol. The third kappa shape index (κ3) is 3.61. The molecule has 0 bridgehead atoms. The van der Waals surface area contributed by atoms with Crippen molar-refractivity contribution in [3.05, 3.63) is 35.4 Å². The maximum atomic E-state index is 13.3. The van der Waals surface area contributed by atoms with Gasteiger partial charge in [-0.2, -0.15) is 0 Å². The van der Waals surface area contributed by atoms with Crippen LogP contribution >= 0.6 is 0 Å². The highest BCUT2D eigenvalue weighted by Crippen LogP contribution is 2.43. The molecule has 1 fully saturated rings. The lowest BCUT2D eigenvalue weighted by Crippen LogP contribution is -2.53. The van der Waals surface area contributed by atoms with Gasteiger partial charge in [0.25, 0.3) is 0 Å². The smallest absolute Gasteiger partial charge is 0.159 e. The summed E-state index contributed by atoms with van der Waals surface area (Å²) in [5, 5.41) is 0. The van der Waals surface area contributed by atoms with Gasteiger partial charge in [-0.15, -0.1) is 0 Å². The van der Waals surface area contributed by atoms with Gasteiger partial charge in [0.1, 0.15) is 0 Å². The minimum Gasteiger partial charge on any atom is -0.377 e. The van der Waals surface area contributed by atoms with Crippen molar-refractivity contribution < 1.29 is 13.5 Å². The van der Waals surface area contributed by atoms with Crippen molar-refractivity contribution in [3.63, 3.8) is 0 Å². The van der Waals surface area contributed by atoms with E-state index in [1.165, 1.54) is 6.07 Å². The molecule has 1 unspecified atom stereocenters. The third-order valence-electron chi connectivity index (χ3n) is 4.97. The molecule has 0 spiro atoms. The summed E-state index contributed by atoms with van der Waals surface area (Å²) in [5.41, 5.74) is 7.03. The molecular weight excluding hydrogens is 272 g/mol. The zero-order chi connectivity index (χ0) is 15.7. The van der Waals surface area contributed by atoms with Crippen molar-refractivity contribution in [2.24, 2.45) is 11.1 Å². The van der Waals surface area contributed by atoms with E-state index in [0.717, 1.165) is 31.7 Å². The number of hydrogen-bond acceptors (Lipinski definition) is 2. The number of hydrogen-bond donors (Lipinski definition) is 1. The van der Waals surface area contributed by atoms with Gasteiger partial charge in [0.15, 0.2) is 11.6 Å². The first kappa shape index (κ1) is 16.4. The van der Waals surface area contributed by atoms with Gasteiger partial charge in [-0.25, -0.2) is 8.78 Å². The van der Waals surface area contributed by atoms with E-state index >= 15 is 0 Å². The molecule has 1 atom stereocenters. The summed E-state index contributed by atoms with van der Waals surface area (Å²) in [6.07, 6.45) is 4.42. The summed E-state index contributed by atoms with van der Waals surface area (Å²) in [6, 6.07) is 3.75. The predicted octanol–water partition coefficient (Wildman–Crippen LogP) is 3.82. The molecule has 0 radical (unpaired) electrons. The number of benzene rings is 1. The number of halogens is 2. The number of rotatable bonds is 4. The van der Waals surface area contributed by atoms with Gasteiger partial charge in [-0.05, 0) is 55.2 Å². The zero-order valence-corrected chi connectivity index (χ0v) is 13.1. The highest BCUT2D eigenvalue weighted by atomic mass is 19.2. The Morgan fingerprint density at radius 3 is 2.29 bits per heavy atom. The lowest BCUT2D eigenvalue weighted by Gasteiger charge is -2.46. The first-order chi connectivity index (χ1) is 9.78. The summed E-state index contributed by atoms with van der Waals surface area (Å²) in [6.45, 7) is 4.51. The van der Waals surface area contributed by atoms with Gasteiger partial charge in [0.05, 0.1) is 5.60 Å². The normalized spacial score (nSPS) is 22.0. The Morgan fingerprint density at radius 2 is 1.76 bits per heavy atom. The fourth-order valence-electron chi connectivity index (χ4n) is 3.18. The quantitative estimate of drug-likeness (QED) is 0.917. The molecule has 1 aromatic carbocycles. The molecule has 2 nitrogen and oxygen atoms in total. The lowest BCUT2D eigenvalue weighted by atomic mass is 9.68. The van der Waals surface area contributed by atoms with E-state index in [4.69, 9.17) is 10.5 Å². The van der Waals surface area contributed by atoms with Crippen LogP contribution in [0.5, 0.6) is 0 Å². The van der Waals surface area contributed by atoms with Gasteiger partial charge in [0, 0.05) is 13.2 Å². The number of ether oxygens (including phenoxy) is 1. The van der Waals surface area contributed by atoms with Crippen LogP contribution in [0, 0.1) is 17.0 Å². The fraction of sp³-hybridized carbons (Fsp3) is 0.647. The molecule has 2 N–H and O–H groups in total. The molecule has 1 aromatic rings. The predicted molar refractivity (Wildman–Crippen MR) is 80.0 cm³/mol. The Labute approximate surface area is 125 Å². The Balaban J connectivity index is 2.10. The molecule has 118 valence electrons. The molecule has 0 heterocycles. The summed E-state index contributed by atoms with van der Waals surface area (Å²) in [7, 11) is 1.70. The Bertz CT molecular complexity index is 492. The van der Waals surface area contributed by atoms with Crippen LogP contribution in [-0.2, 0) is 11.2 Å². The van der Waals surface area contributed by atoms with Gasteiger partial charge in [-0.1, -0.05) is 19.9 Å². The first-order valence-corrected chi connectivity index (χ1v) is 7.53. The second-order valence-electron chi connectivity index (χ2n) is 6.99. The average Bonchev–Trinajstić information content (AvgIpc) is 2.43. The number of methoxy groups -OCH3 is 1. The average molecular weight is 297 g/mol. The van der Waals surface area contributed by atoms with Crippen molar-refractivity contribution in [1.29, 1.82) is 0 Å². The van der Waals surface area contributed by atoms with E-state index < -0.39 is 11.6 Å². The molecule has 1 saturated carbocycles. The number of nitrogens with two attached hydrogens (primary N) is 1. The first-order valence-electron chi connectivity index (χ1n) is 7.53. The van der Waals surface area contributed by atoms with E-state index in [0.29, 0.717) is 17.4 Å². The fourth-order valence-corrected chi connectivity index (χ4v) is 3.18. The van der Waals surface area contributed by atoms with Crippen LogP contribution in [0.3, 0.4) is 0 Å². The Morgan fingerprint density at radius 1 is 1.14 bits per heavy atom. The molecular formula is C17H25F2NO. The SMILES string of the molecule is COC1(C(N)Cc2ccc(F)c(F)c2)CCC(C)(C)CC1. The largest absolute Gasteiger partial charge is 0.377 e. The van der Waals surface area contributed by atoms with Crippen molar-refractivity contribution in [3.8, 4) is 0 Å². The van der Waals surface area contributed by atoms with Crippen LogP contribution in [0.4, 0.5) is 8.78 Å². The maximum Gasteiger partial charge on any atom is 0.159 e. The van der Waals surface area contributed by atoms with Crippen LogP contribution < -0.4 is 5.73 Å². The van der Waals surface area contributed by atoms with Gasteiger partial charge >= 0.3 is 0 Å². The van der Waals surface area contributed by atoms with Crippen molar-refractivity contribution in [1.82, 2.24) is 0 Å². The molecule has 2 rings (SSSR count). The minimum atomic E-state index is -0.826. The van der Waals surface area contributed by atoms with Crippen LogP contribution in [0.1, 0.15) is 45.1 Å². The Kier molecular flexibility index (Phi) is 4.69. The van der Waals surface area contributed by atoms with Crippen LogP contribution in [0.25, 0.3) is 0 Å². The van der Waals surface area contributed by atoms with Crippen LogP contribution in [-0.4, -0.2) is 18.8 Å². The lowest BCUT2D eigenvalue weighted by molar-refractivity contribution is -0.0781. The minimum absolute atomic E-state index is 0.219. The van der Waals surface area contributed by atoms with Gasteiger partial charge in [-0.3, -0.25) is 0 Å². The maximum absolute atomic E-state index is 13.3. The molecule has 0 aromatic heterocycles. The highest BCUT2D eigenvalue weighted by molar-refractivity contribution is 5.20. The van der Waals surface area contributed by atoms with E-state index in [-0.39, 0.29) is 11.6 Å². The molecule has 0 saturated heterocycles. The zero-order valence-electron chi connectivity index (χ0n) is 13.1. The van der Waals surface area contributed by atoms with Crippen LogP contribution in [0.15, 0.2) is 18.2 Å². The van der Waals surface area contributed by atoms with Gasteiger partial charge < -0.3 is 10.5 Å². The standard InChI is InChI=1S/C17H25F2NO/c1-16(2)6-8-17(21-3,9-7-16)15(20)11-12-4-5-13(18)14(19)10-12/h4-5,10,15H,6-9,11,20H2,1-3H3. The topological polar surface area (TPSA) is 35.2 Å². The van der Waals surface area contributed by atoms with E-state index in [9.17, 15) is 8.78 Å². The van der Waals surface area contributed by atoms with Gasteiger partial charge in [0.2, 0.25) is 0 Å². The van der Waals surface area contributed by atoms with Crippen molar-refractivity contribution in [2.45, 2.75) is 57.6 Å². The van der Waals surface area contributed by atoms with Crippen LogP contribution in [0.2, 0.25) is 0 Å². The second-order valence-corrected chi connectivity index (χ2v) is 6.99. The highest BCUT2D eigenvalue weighted by Gasteiger charge is 2.42. The summed E-state index contributed by atoms with van der Waals surface area (Å²) >= 11 is 0. The summed E-state index contributed by atoms with van der Waals surface area (Å²) in [4.78, 5) is 0. The summed E-state index contributed by atoms with van der Waals surface area (Å²) in [5.74, 6) is -1.65. The summed E-state index contributed by atoms with van der Waals surface area (Å²) < 4.78 is 32.1. The van der Waals surface area contributed by atoms with E-state index in [1.54, 1.807) is 13.2 Å². The molecule has 4 heteroatoms. The van der Waals surface area contributed by atoms with E-state index in [1.807, 2.05) is 0 Å². The third-order valence-corrected chi connectivity index (χ3v) is 4.97. The van der Waals surface area contributed by atoms with E-state index in [2.05, 4.69) is 13.8 Å². The van der Waals surface area contributed by atoms with Crippen molar-refractivity contribution in [2.75, 3.05) is 7.11 Å². The van der Waals surface area contributed by atoms with Crippen molar-refractivity contribution >= 4 is 0 Å². The molecule has 0 aliphatic heterocycles. The second kappa shape index (κ2) is 6.01. The Hall–Kier alpha value is -1.00. The molecule has 1 aliphatic carbocycles. The molecule has 21 heavy (non-hydrogen) atoms. The molecule has 0 amide bonds.